The Hall–Kier alpha value is -13.6. The molecule has 11 aliphatic rings. The van der Waals surface area contributed by atoms with Crippen LogP contribution < -0.4 is 23.7 Å². The molecule has 0 amide bonds. The van der Waals surface area contributed by atoms with E-state index in [0.717, 1.165) is 27.8 Å². The molecule has 0 saturated carbocycles. The van der Waals surface area contributed by atoms with Crippen molar-refractivity contribution in [3.63, 3.8) is 0 Å². The number of hydrogen-bond donors (Lipinski definition) is 0. The minimum atomic E-state index is -1.17. The maximum atomic E-state index is 14.7. The van der Waals surface area contributed by atoms with Crippen molar-refractivity contribution >= 4 is 245 Å². The van der Waals surface area contributed by atoms with Gasteiger partial charge >= 0.3 is 29.8 Å². The van der Waals surface area contributed by atoms with Gasteiger partial charge in [-0.2, -0.15) is 0 Å². The topological polar surface area (TPSA) is 132 Å². The fourth-order valence-corrected chi connectivity index (χ4v) is 34.4. The van der Waals surface area contributed by atoms with Gasteiger partial charge in [-0.05, 0) is 409 Å². The number of ether oxygens (including phenoxy) is 5. The zero-order valence-electron chi connectivity index (χ0n) is 75.2. The third kappa shape index (κ3) is 5.90. The van der Waals surface area contributed by atoms with Crippen molar-refractivity contribution in [2.75, 3.05) is 0 Å². The van der Waals surface area contributed by atoms with Crippen molar-refractivity contribution in [2.24, 2.45) is 32.5 Å². The SMILES string of the molecule is CC(C)(C)CC(=O)Oc1ccc(C23C4=C5C6(c7ccc(OC(=O)CC(C)(C)C)cc7)c7c2c2c8c3c3c9c%10c%11c%12c%13c%14c%15c%16c%17c%18c(c6c6c7c7c2c2c%19c8c9c8c9c%10c%13c%10c%13c%14c%17c%14c%17c%18c6c6c7c2c2c(c%198)c(c9%10)c(c%13%14)c2c6%17)C%16(c2ccc(OC(=O)CC(C)(C)C)cc2)C5(C)C(=C4C3%11c2ccc(OC(=O)CC(C)(C)C)cc2)C%12%15c2ccc(OC(=O)CC(C)(C)C)cc2)cc1. The number of carbonyl (C=O) groups excluding carboxylic acids is 5. The van der Waals surface area contributed by atoms with E-state index in [0.29, 0.717) is 28.7 Å². The highest BCUT2D eigenvalue weighted by Crippen LogP contribution is 2.95. The van der Waals surface area contributed by atoms with Gasteiger partial charge in [0.25, 0.3) is 0 Å². The Morgan fingerprint density at radius 1 is 0.198 bits per heavy atom. The summed E-state index contributed by atoms with van der Waals surface area (Å²) >= 11 is 0. The van der Waals surface area contributed by atoms with E-state index in [4.69, 9.17) is 23.7 Å². The highest BCUT2D eigenvalue weighted by atomic mass is 16.6. The first-order valence-electron chi connectivity index (χ1n) is 47.5. The molecule has 0 saturated heterocycles. The van der Waals surface area contributed by atoms with E-state index in [1.165, 1.54) is 293 Å². The molecule has 0 N–H and O–H groups in total. The molecule has 26 aromatic rings. The van der Waals surface area contributed by atoms with Gasteiger partial charge in [0.1, 0.15) is 28.7 Å². The monoisotopic (exact) mass is 1690 g/mol. The second-order valence-electron chi connectivity index (χ2n) is 48.8. The Morgan fingerprint density at radius 3 is 0.527 bits per heavy atom. The zero-order valence-corrected chi connectivity index (χ0v) is 75.2. The van der Waals surface area contributed by atoms with Crippen molar-refractivity contribution in [1.29, 1.82) is 0 Å². The molecule has 10 nitrogen and oxygen atoms in total. The average Bonchev–Trinajstić information content (AvgIpc) is 1.36. The summed E-state index contributed by atoms with van der Waals surface area (Å²) in [7, 11) is 0. The van der Waals surface area contributed by atoms with Gasteiger partial charge in [-0.15, -0.1) is 0 Å². The molecule has 11 aliphatic carbocycles. The fraction of sp³-hybridized carbons (Fsp3) is 0.264. The van der Waals surface area contributed by atoms with Crippen LogP contribution in [0.1, 0.15) is 226 Å². The molecule has 10 heteroatoms. The molecule has 37 rings (SSSR count). The summed E-state index contributed by atoms with van der Waals surface area (Å²) in [5.41, 5.74) is 15.9. The third-order valence-electron chi connectivity index (χ3n) is 36.2. The van der Waals surface area contributed by atoms with E-state index in [1.807, 2.05) is 0 Å². The van der Waals surface area contributed by atoms with Gasteiger partial charge in [0.15, 0.2) is 0 Å². The Balaban J connectivity index is 0.836. The normalized spacial score (nSPS) is 23.1. The van der Waals surface area contributed by atoms with Crippen LogP contribution in [0.4, 0.5) is 0 Å². The van der Waals surface area contributed by atoms with Gasteiger partial charge in [-0.1, -0.05) is 171 Å². The molecule has 0 heterocycles. The number of carbonyl (C=O) groups is 5. The number of hydrogen-bond acceptors (Lipinski definition) is 10. The number of rotatable bonds is 15. The van der Waals surface area contributed by atoms with Crippen LogP contribution in [-0.2, 0) is 51.0 Å². The van der Waals surface area contributed by atoms with Gasteiger partial charge in [0, 0.05) is 5.41 Å². The van der Waals surface area contributed by atoms with Gasteiger partial charge in [-0.25, -0.2) is 0 Å². The Bertz CT molecular complexity index is 9700. The molecule has 0 fully saturated rings. The second-order valence-corrected chi connectivity index (χ2v) is 48.8. The minimum absolute atomic E-state index is 0.234. The van der Waals surface area contributed by atoms with Crippen LogP contribution in [0.2, 0.25) is 0 Å². The summed E-state index contributed by atoms with van der Waals surface area (Å²) in [6, 6.07) is 45.3. The molecule has 0 spiro atoms. The van der Waals surface area contributed by atoms with E-state index >= 15 is 0 Å². The smallest absolute Gasteiger partial charge is 0.311 e. The van der Waals surface area contributed by atoms with Crippen LogP contribution in [0.25, 0.3) is 215 Å². The van der Waals surface area contributed by atoms with Crippen molar-refractivity contribution in [3.05, 3.63) is 227 Å². The lowest BCUT2D eigenvalue weighted by Crippen LogP contribution is -2.62. The molecule has 0 aliphatic heterocycles. The molecule has 4 atom stereocenters. The van der Waals surface area contributed by atoms with Crippen LogP contribution >= 0.6 is 0 Å². The van der Waals surface area contributed by atoms with E-state index in [2.05, 4.69) is 232 Å². The lowest BCUT2D eigenvalue weighted by Gasteiger charge is -2.66. The maximum absolute atomic E-state index is 14.7. The standard InChI is InChI=1S/C121H78O10/c1-111(2,3)37-52(122)127-47-27-17-42(18-28-47)117-97-87-77-67-62-57-58-60-61-59(57)64-70-68(62)78(77)88-90-80(70)82-72(64)74-66(61)76-75-65(60)73-71-63(58)69(67)79-81(71)91-93-83(73)85(75)95-96-86(76)84(74)94-92(82)102-100(90)118(98(88)97,43-19-29-48(30-20-43)128-53(123)38-112(4,5)6)108-107(117)109-116(16)110(108)120(102,45-23-33-50(34-24-45)130-55(125)40-114(10,11)12)104(94)106(96)121(116,46-25-35-51(36-26-46)131-56(126)41-115(13,14)15)105(95)103(93)119(109,101(91)99(117)89(79)87)44-21-31-49(32-22-44)129-54(124)39-113(7,8)9/h17-36H,37-41H2,1-16H3. The van der Waals surface area contributed by atoms with Gasteiger partial charge in [0.05, 0.1) is 59.2 Å². The molecular weight excluding hydrogens is 1610 g/mol. The molecule has 131 heavy (non-hydrogen) atoms. The first-order valence-corrected chi connectivity index (χ1v) is 47.5. The predicted octanol–water partition coefficient (Wildman–Crippen LogP) is 28.2. The summed E-state index contributed by atoms with van der Waals surface area (Å²) in [6.07, 6.45) is 1.17. The summed E-state index contributed by atoms with van der Waals surface area (Å²) in [5, 5.41) is 56.2. The summed E-state index contributed by atoms with van der Waals surface area (Å²) < 4.78 is 33.4. The Kier molecular flexibility index (Phi) is 9.69. The quantitative estimate of drug-likeness (QED) is 0.0555. The average molecular weight is 1690 g/mol. The first-order chi connectivity index (χ1) is 62.6. The highest BCUT2D eigenvalue weighted by Gasteiger charge is 2.86. The predicted molar refractivity (Wildman–Crippen MR) is 520 cm³/mol. The maximum Gasteiger partial charge on any atom is 0.311 e. The summed E-state index contributed by atoms with van der Waals surface area (Å²) in [6.45, 7) is 34.2. The number of benzene rings is 20. The van der Waals surface area contributed by atoms with Crippen molar-refractivity contribution in [1.82, 2.24) is 0 Å². The third-order valence-corrected chi connectivity index (χ3v) is 36.2. The molecule has 4 unspecified atom stereocenters. The van der Waals surface area contributed by atoms with E-state index < -0.39 is 32.5 Å². The fourth-order valence-electron chi connectivity index (χ4n) is 34.4. The van der Waals surface area contributed by atoms with Crippen LogP contribution in [0.15, 0.2) is 144 Å². The van der Waals surface area contributed by atoms with E-state index in [-0.39, 0.29) is 89.0 Å². The van der Waals surface area contributed by atoms with Crippen molar-refractivity contribution in [3.8, 4) is 28.7 Å². The van der Waals surface area contributed by atoms with Crippen LogP contribution in [0.5, 0.6) is 28.7 Å². The molecular formula is C121H78O10. The molecule has 26 aromatic carbocycles. The van der Waals surface area contributed by atoms with Crippen molar-refractivity contribution in [2.45, 2.75) is 170 Å². The Labute approximate surface area is 746 Å². The lowest BCUT2D eigenvalue weighted by atomic mass is 9.34. The number of allylic oxidation sites excluding steroid dienone is 4. The molecule has 0 radical (unpaired) electrons. The number of esters is 5. The Morgan fingerprint density at radius 2 is 0.344 bits per heavy atom. The molecule has 622 valence electrons. The molecule has 0 aromatic heterocycles. The van der Waals surface area contributed by atoms with Crippen LogP contribution in [0, 0.1) is 32.5 Å². The van der Waals surface area contributed by atoms with E-state index in [9.17, 15) is 24.0 Å². The second kappa shape index (κ2) is 18.5. The lowest BCUT2D eigenvalue weighted by molar-refractivity contribution is -0.137. The van der Waals surface area contributed by atoms with Crippen LogP contribution in [0.3, 0.4) is 0 Å². The van der Waals surface area contributed by atoms with Gasteiger partial charge in [0.2, 0.25) is 0 Å². The highest BCUT2D eigenvalue weighted by molar-refractivity contribution is 6.77. The van der Waals surface area contributed by atoms with Gasteiger partial charge in [-0.3, -0.25) is 24.0 Å². The van der Waals surface area contributed by atoms with Crippen molar-refractivity contribution < 1.29 is 47.7 Å². The summed E-state index contributed by atoms with van der Waals surface area (Å²) in [5.74, 6) is 1.10. The minimum Gasteiger partial charge on any atom is -0.427 e. The zero-order chi connectivity index (χ0) is 87.6. The van der Waals surface area contributed by atoms with Gasteiger partial charge < -0.3 is 23.7 Å². The summed E-state index contributed by atoms with van der Waals surface area (Å²) in [4.78, 5) is 73.4. The van der Waals surface area contributed by atoms with E-state index in [1.54, 1.807) is 0 Å². The molecule has 0 bridgehead atoms. The first kappa shape index (κ1) is 68.5. The van der Waals surface area contributed by atoms with Crippen LogP contribution in [-0.4, -0.2) is 29.8 Å². The largest absolute Gasteiger partial charge is 0.427 e.